The molecule has 5 nitrogen and oxygen atoms in total. The van der Waals surface area contributed by atoms with Crippen molar-refractivity contribution in [3.8, 4) is 0 Å². The average Bonchev–Trinajstić information content (AvgIpc) is 2.69. The number of carbonyl (C=O) groups is 1. The number of hydrogen-bond acceptors (Lipinski definition) is 4. The van der Waals surface area contributed by atoms with Crippen LogP contribution in [-0.2, 0) is 20.6 Å². The van der Waals surface area contributed by atoms with Crippen molar-refractivity contribution in [2.75, 3.05) is 26.2 Å². The SMILES string of the molecule is CC(Sc1ccccc1)C(=O)N1CCN(S(=O)(=O)Cc2ccccc2)CC1. The lowest BCUT2D eigenvalue weighted by atomic mass is 10.2. The van der Waals surface area contributed by atoms with Crippen LogP contribution in [0.2, 0.25) is 0 Å². The second kappa shape index (κ2) is 8.91. The van der Waals surface area contributed by atoms with Gasteiger partial charge in [-0.2, -0.15) is 4.31 Å². The molecule has 1 aliphatic heterocycles. The van der Waals surface area contributed by atoms with Crippen LogP contribution in [-0.4, -0.2) is 55.0 Å². The molecule has 144 valence electrons. The molecular formula is C20H24N2O3S2. The van der Waals surface area contributed by atoms with E-state index < -0.39 is 10.0 Å². The van der Waals surface area contributed by atoms with Gasteiger partial charge in [0, 0.05) is 31.1 Å². The van der Waals surface area contributed by atoms with Crippen LogP contribution in [0.25, 0.3) is 0 Å². The third-order valence-electron chi connectivity index (χ3n) is 4.54. The Morgan fingerprint density at radius 1 is 0.963 bits per heavy atom. The quantitative estimate of drug-likeness (QED) is 0.695. The van der Waals surface area contributed by atoms with E-state index in [0.29, 0.717) is 26.2 Å². The summed E-state index contributed by atoms with van der Waals surface area (Å²) in [7, 11) is -3.36. The van der Waals surface area contributed by atoms with Gasteiger partial charge in [0.25, 0.3) is 0 Å². The molecule has 0 aliphatic carbocycles. The molecule has 0 radical (unpaired) electrons. The zero-order chi connectivity index (χ0) is 19.3. The number of nitrogens with zero attached hydrogens (tertiary/aromatic N) is 2. The van der Waals surface area contributed by atoms with Crippen LogP contribution in [0, 0.1) is 0 Å². The van der Waals surface area contributed by atoms with Crippen LogP contribution in [0.1, 0.15) is 12.5 Å². The maximum absolute atomic E-state index is 12.7. The van der Waals surface area contributed by atoms with Gasteiger partial charge in [0.05, 0.1) is 11.0 Å². The molecule has 27 heavy (non-hydrogen) atoms. The molecule has 2 aromatic carbocycles. The summed E-state index contributed by atoms with van der Waals surface area (Å²) in [6.45, 7) is 3.48. The van der Waals surface area contributed by atoms with Crippen LogP contribution in [0.5, 0.6) is 0 Å². The minimum Gasteiger partial charge on any atom is -0.339 e. The monoisotopic (exact) mass is 404 g/mol. The Bertz CT molecular complexity index is 849. The van der Waals surface area contributed by atoms with Crippen molar-refractivity contribution in [2.24, 2.45) is 0 Å². The fourth-order valence-electron chi connectivity index (χ4n) is 3.07. The topological polar surface area (TPSA) is 57.7 Å². The van der Waals surface area contributed by atoms with Crippen LogP contribution in [0.4, 0.5) is 0 Å². The highest BCUT2D eigenvalue weighted by Crippen LogP contribution is 2.24. The number of amides is 1. The smallest absolute Gasteiger partial charge is 0.235 e. The molecule has 7 heteroatoms. The number of sulfonamides is 1. The molecule has 0 saturated carbocycles. The van der Waals surface area contributed by atoms with Gasteiger partial charge in [-0.1, -0.05) is 48.5 Å². The maximum atomic E-state index is 12.7. The molecule has 1 atom stereocenters. The summed E-state index contributed by atoms with van der Waals surface area (Å²) in [6, 6.07) is 19.0. The Morgan fingerprint density at radius 3 is 2.11 bits per heavy atom. The van der Waals surface area contributed by atoms with Crippen molar-refractivity contribution in [3.63, 3.8) is 0 Å². The molecule has 1 unspecified atom stereocenters. The van der Waals surface area contributed by atoms with Crippen LogP contribution >= 0.6 is 11.8 Å². The zero-order valence-corrected chi connectivity index (χ0v) is 17.0. The van der Waals surface area contributed by atoms with E-state index in [0.717, 1.165) is 10.5 Å². The van der Waals surface area contributed by atoms with Crippen LogP contribution in [0.3, 0.4) is 0 Å². The third kappa shape index (κ3) is 5.34. The van der Waals surface area contributed by atoms with Gasteiger partial charge in [-0.15, -0.1) is 11.8 Å². The van der Waals surface area contributed by atoms with Gasteiger partial charge < -0.3 is 4.90 Å². The number of benzene rings is 2. The van der Waals surface area contributed by atoms with Crippen molar-refractivity contribution in [1.82, 2.24) is 9.21 Å². The molecular weight excluding hydrogens is 380 g/mol. The van der Waals surface area contributed by atoms with Crippen molar-refractivity contribution >= 4 is 27.7 Å². The summed E-state index contributed by atoms with van der Waals surface area (Å²) >= 11 is 1.53. The first-order chi connectivity index (χ1) is 13.0. The first-order valence-corrected chi connectivity index (χ1v) is 11.5. The van der Waals surface area contributed by atoms with Crippen LogP contribution < -0.4 is 0 Å². The largest absolute Gasteiger partial charge is 0.339 e. The number of thioether (sulfide) groups is 1. The summed E-state index contributed by atoms with van der Waals surface area (Å²) in [6.07, 6.45) is 0. The van der Waals surface area contributed by atoms with E-state index in [4.69, 9.17) is 0 Å². The van der Waals surface area contributed by atoms with E-state index >= 15 is 0 Å². The van der Waals surface area contributed by atoms with E-state index in [-0.39, 0.29) is 16.9 Å². The van der Waals surface area contributed by atoms with Crippen LogP contribution in [0.15, 0.2) is 65.6 Å². The van der Waals surface area contributed by atoms with E-state index in [1.165, 1.54) is 16.1 Å². The Kier molecular flexibility index (Phi) is 6.57. The molecule has 1 fully saturated rings. The minimum absolute atomic E-state index is 0.00203. The standard InChI is InChI=1S/C20H24N2O3S2/c1-17(26-19-10-6-3-7-11-19)20(23)21-12-14-22(15-13-21)27(24,25)16-18-8-4-2-5-9-18/h2-11,17H,12-16H2,1H3. The molecule has 0 bridgehead atoms. The van der Waals surface area contributed by atoms with E-state index in [1.54, 1.807) is 4.90 Å². The molecule has 0 N–H and O–H groups in total. The Hall–Kier alpha value is -1.83. The van der Waals surface area contributed by atoms with Gasteiger partial charge in [-0.3, -0.25) is 4.79 Å². The van der Waals surface area contributed by atoms with Crippen molar-refractivity contribution in [1.29, 1.82) is 0 Å². The molecule has 2 aromatic rings. The fraction of sp³-hybridized carbons (Fsp3) is 0.350. The third-order valence-corrected chi connectivity index (χ3v) is 7.49. The van der Waals surface area contributed by atoms with Crippen molar-refractivity contribution < 1.29 is 13.2 Å². The van der Waals surface area contributed by atoms with E-state index in [1.807, 2.05) is 67.6 Å². The Morgan fingerprint density at radius 2 is 1.52 bits per heavy atom. The normalized spacial score (nSPS) is 16.9. The van der Waals surface area contributed by atoms with Crippen molar-refractivity contribution in [2.45, 2.75) is 22.8 Å². The Labute approximate surface area is 165 Å². The molecule has 0 aromatic heterocycles. The molecule has 0 spiro atoms. The zero-order valence-electron chi connectivity index (χ0n) is 15.3. The molecule has 1 saturated heterocycles. The second-order valence-electron chi connectivity index (χ2n) is 6.54. The lowest BCUT2D eigenvalue weighted by Crippen LogP contribution is -2.52. The number of rotatable bonds is 6. The maximum Gasteiger partial charge on any atom is 0.235 e. The van der Waals surface area contributed by atoms with Gasteiger partial charge in [-0.05, 0) is 24.6 Å². The van der Waals surface area contributed by atoms with E-state index in [2.05, 4.69) is 0 Å². The molecule has 1 amide bonds. The lowest BCUT2D eigenvalue weighted by Gasteiger charge is -2.35. The number of carbonyl (C=O) groups excluding carboxylic acids is 1. The highest BCUT2D eigenvalue weighted by Gasteiger charge is 2.30. The summed E-state index contributed by atoms with van der Waals surface area (Å²) < 4.78 is 26.7. The molecule has 1 heterocycles. The van der Waals surface area contributed by atoms with E-state index in [9.17, 15) is 13.2 Å². The average molecular weight is 405 g/mol. The number of hydrogen-bond donors (Lipinski definition) is 0. The summed E-state index contributed by atoms with van der Waals surface area (Å²) in [5.74, 6) is 0.0613. The summed E-state index contributed by atoms with van der Waals surface area (Å²) in [5, 5.41) is -0.195. The fourth-order valence-corrected chi connectivity index (χ4v) is 5.56. The predicted molar refractivity (Wildman–Crippen MR) is 109 cm³/mol. The first-order valence-electron chi connectivity index (χ1n) is 8.98. The number of piperazine rings is 1. The summed E-state index contributed by atoms with van der Waals surface area (Å²) in [4.78, 5) is 15.5. The van der Waals surface area contributed by atoms with Gasteiger partial charge in [-0.25, -0.2) is 8.42 Å². The first kappa shape index (κ1) is 19.9. The summed E-state index contributed by atoms with van der Waals surface area (Å²) in [5.41, 5.74) is 0.781. The highest BCUT2D eigenvalue weighted by molar-refractivity contribution is 8.00. The second-order valence-corrected chi connectivity index (χ2v) is 9.92. The predicted octanol–water partition coefficient (Wildman–Crippen LogP) is 2.84. The molecule has 1 aliphatic rings. The molecule has 3 rings (SSSR count). The van der Waals surface area contributed by atoms with Crippen molar-refractivity contribution in [3.05, 3.63) is 66.2 Å². The van der Waals surface area contributed by atoms with Gasteiger partial charge >= 0.3 is 0 Å². The lowest BCUT2D eigenvalue weighted by molar-refractivity contribution is -0.131. The van der Waals surface area contributed by atoms with Gasteiger partial charge in [0.2, 0.25) is 15.9 Å². The minimum atomic E-state index is -3.36. The van der Waals surface area contributed by atoms with Gasteiger partial charge in [0.15, 0.2) is 0 Å². The Balaban J connectivity index is 1.54. The highest BCUT2D eigenvalue weighted by atomic mass is 32.2. The van der Waals surface area contributed by atoms with Gasteiger partial charge in [0.1, 0.15) is 0 Å².